The number of hydrogen-bond acceptors (Lipinski definition) is 4. The third-order valence-electron chi connectivity index (χ3n) is 4.97. The summed E-state index contributed by atoms with van der Waals surface area (Å²) >= 11 is 3.48. The Bertz CT molecular complexity index is 1310. The number of anilines is 1. The van der Waals surface area contributed by atoms with Gasteiger partial charge in [0, 0.05) is 21.1 Å². The summed E-state index contributed by atoms with van der Waals surface area (Å²) in [5, 5.41) is 1.21. The third kappa shape index (κ3) is 3.62. The maximum absolute atomic E-state index is 13.5. The molecule has 6 heteroatoms. The van der Waals surface area contributed by atoms with Crippen molar-refractivity contribution in [2.75, 3.05) is 12.8 Å². The average Bonchev–Trinajstić information content (AvgIpc) is 2.75. The molecule has 0 unspecified atom stereocenters. The minimum absolute atomic E-state index is 0.195. The summed E-state index contributed by atoms with van der Waals surface area (Å²) in [4.78, 5) is 26.4. The van der Waals surface area contributed by atoms with Crippen molar-refractivity contribution in [3.8, 4) is 11.1 Å². The smallest absolute Gasteiger partial charge is 0.355 e. The van der Waals surface area contributed by atoms with Gasteiger partial charge in [0.15, 0.2) is 0 Å². The number of nitrogen functional groups attached to an aromatic ring is 1. The van der Waals surface area contributed by atoms with Crippen LogP contribution in [-0.2, 0) is 11.3 Å². The Hall–Kier alpha value is -3.38. The number of carbonyl (C=O) groups is 1. The van der Waals surface area contributed by atoms with Crippen LogP contribution in [0.5, 0.6) is 0 Å². The van der Waals surface area contributed by atoms with Crippen LogP contribution in [-0.4, -0.2) is 17.6 Å². The number of carbonyl (C=O) groups excluding carboxylic acids is 1. The van der Waals surface area contributed by atoms with Crippen molar-refractivity contribution in [3.63, 3.8) is 0 Å². The first-order chi connectivity index (χ1) is 14.5. The van der Waals surface area contributed by atoms with Crippen LogP contribution in [0.2, 0.25) is 0 Å². The van der Waals surface area contributed by atoms with Gasteiger partial charge < -0.3 is 10.5 Å². The topological polar surface area (TPSA) is 74.3 Å². The lowest BCUT2D eigenvalue weighted by atomic mass is 9.96. The summed E-state index contributed by atoms with van der Waals surface area (Å²) in [7, 11) is 1.32. The number of nitrogens with zero attached hydrogens (tertiary/aromatic N) is 1. The minimum atomic E-state index is -0.572. The van der Waals surface area contributed by atoms with Gasteiger partial charge in [-0.2, -0.15) is 0 Å². The van der Waals surface area contributed by atoms with Crippen LogP contribution in [0.25, 0.3) is 21.9 Å². The Balaban J connectivity index is 2.13. The van der Waals surface area contributed by atoms with E-state index in [-0.39, 0.29) is 17.8 Å². The van der Waals surface area contributed by atoms with E-state index in [9.17, 15) is 9.59 Å². The maximum Gasteiger partial charge on any atom is 0.355 e. The first kappa shape index (κ1) is 19.9. The highest BCUT2D eigenvalue weighted by molar-refractivity contribution is 9.10. The average molecular weight is 463 g/mol. The van der Waals surface area contributed by atoms with E-state index in [0.717, 1.165) is 15.6 Å². The van der Waals surface area contributed by atoms with E-state index < -0.39 is 5.97 Å². The second-order valence-corrected chi connectivity index (χ2v) is 7.82. The number of ether oxygens (including phenoxy) is 1. The second kappa shape index (κ2) is 8.16. The lowest BCUT2D eigenvalue weighted by Gasteiger charge is -2.19. The van der Waals surface area contributed by atoms with Crippen LogP contribution in [0.15, 0.2) is 82.1 Å². The van der Waals surface area contributed by atoms with Crippen LogP contribution in [0.1, 0.15) is 16.1 Å². The fourth-order valence-electron chi connectivity index (χ4n) is 3.65. The molecule has 0 amide bonds. The fraction of sp³-hybridized carbons (Fsp3) is 0.0833. The quantitative estimate of drug-likeness (QED) is 0.347. The summed E-state index contributed by atoms with van der Waals surface area (Å²) in [5.74, 6) is -0.572. The Labute approximate surface area is 181 Å². The molecule has 5 nitrogen and oxygen atoms in total. The standard InChI is InChI=1S/C24H19BrN2O3/c1-30-24(29)22-21(16-7-3-2-4-8-16)20-13-17(25)10-11-19(20)23(28)27(22)14-15-6-5-9-18(26)12-15/h2-13H,14,26H2,1H3. The molecule has 0 radical (unpaired) electrons. The highest BCUT2D eigenvalue weighted by Gasteiger charge is 2.24. The molecule has 150 valence electrons. The van der Waals surface area contributed by atoms with Crippen molar-refractivity contribution in [2.24, 2.45) is 0 Å². The van der Waals surface area contributed by atoms with Crippen molar-refractivity contribution < 1.29 is 9.53 Å². The van der Waals surface area contributed by atoms with Gasteiger partial charge in [-0.25, -0.2) is 4.79 Å². The van der Waals surface area contributed by atoms with Crippen molar-refractivity contribution in [1.82, 2.24) is 4.57 Å². The van der Waals surface area contributed by atoms with E-state index in [1.165, 1.54) is 11.7 Å². The lowest BCUT2D eigenvalue weighted by Crippen LogP contribution is -2.28. The maximum atomic E-state index is 13.5. The van der Waals surface area contributed by atoms with Gasteiger partial charge >= 0.3 is 5.97 Å². The normalized spacial score (nSPS) is 10.9. The zero-order valence-electron chi connectivity index (χ0n) is 16.3. The molecule has 0 atom stereocenters. The SMILES string of the molecule is COC(=O)c1c(-c2ccccc2)c2cc(Br)ccc2c(=O)n1Cc1cccc(N)c1. The lowest BCUT2D eigenvalue weighted by molar-refractivity contribution is 0.0588. The minimum Gasteiger partial charge on any atom is -0.464 e. The molecule has 0 saturated heterocycles. The summed E-state index contributed by atoms with van der Waals surface area (Å²) in [6.07, 6.45) is 0. The van der Waals surface area contributed by atoms with Crippen LogP contribution in [0, 0.1) is 0 Å². The van der Waals surface area contributed by atoms with Crippen LogP contribution >= 0.6 is 15.9 Å². The Kier molecular flexibility index (Phi) is 5.42. The van der Waals surface area contributed by atoms with Crippen molar-refractivity contribution >= 4 is 38.4 Å². The highest BCUT2D eigenvalue weighted by Crippen LogP contribution is 2.33. The molecule has 0 aliphatic rings. The number of pyridine rings is 1. The van der Waals surface area contributed by atoms with E-state index in [2.05, 4.69) is 15.9 Å². The highest BCUT2D eigenvalue weighted by atomic mass is 79.9. The molecule has 0 bridgehead atoms. The summed E-state index contributed by atoms with van der Waals surface area (Å²) in [6.45, 7) is 0.195. The van der Waals surface area contributed by atoms with Gasteiger partial charge in [-0.15, -0.1) is 0 Å². The molecule has 0 spiro atoms. The van der Waals surface area contributed by atoms with E-state index in [4.69, 9.17) is 10.5 Å². The monoisotopic (exact) mass is 462 g/mol. The molecule has 0 aliphatic carbocycles. The Morgan fingerprint density at radius 3 is 2.47 bits per heavy atom. The molecule has 0 aliphatic heterocycles. The summed E-state index contributed by atoms with van der Waals surface area (Å²) in [6, 6.07) is 22.2. The number of hydrogen-bond donors (Lipinski definition) is 1. The number of halogens is 1. The zero-order chi connectivity index (χ0) is 21.3. The number of methoxy groups -OCH3 is 1. The Morgan fingerprint density at radius 1 is 1.00 bits per heavy atom. The van der Waals surface area contributed by atoms with Crippen molar-refractivity contribution in [1.29, 1.82) is 0 Å². The molecule has 2 N–H and O–H groups in total. The number of nitrogens with two attached hydrogens (primary N) is 1. The largest absolute Gasteiger partial charge is 0.464 e. The molecule has 30 heavy (non-hydrogen) atoms. The summed E-state index contributed by atoms with van der Waals surface area (Å²) < 4.78 is 7.39. The number of aromatic nitrogens is 1. The van der Waals surface area contributed by atoms with E-state index >= 15 is 0 Å². The molecular formula is C24H19BrN2O3. The van der Waals surface area contributed by atoms with Crippen molar-refractivity contribution in [3.05, 3.63) is 98.9 Å². The predicted molar refractivity (Wildman–Crippen MR) is 123 cm³/mol. The molecular weight excluding hydrogens is 444 g/mol. The van der Waals surface area contributed by atoms with Gasteiger partial charge in [0.1, 0.15) is 5.69 Å². The predicted octanol–water partition coefficient (Wildman–Crippen LogP) is 4.85. The molecule has 1 heterocycles. The van der Waals surface area contributed by atoms with Crippen molar-refractivity contribution in [2.45, 2.75) is 6.54 Å². The molecule has 3 aromatic carbocycles. The summed E-state index contributed by atoms with van der Waals surface area (Å²) in [5.41, 5.74) is 8.75. The Morgan fingerprint density at radius 2 is 1.77 bits per heavy atom. The zero-order valence-corrected chi connectivity index (χ0v) is 17.8. The van der Waals surface area contributed by atoms with E-state index in [1.807, 2.05) is 54.6 Å². The van der Waals surface area contributed by atoms with Gasteiger partial charge in [-0.1, -0.05) is 58.4 Å². The number of fused-ring (bicyclic) bond motifs is 1. The second-order valence-electron chi connectivity index (χ2n) is 6.91. The third-order valence-corrected chi connectivity index (χ3v) is 5.46. The van der Waals surface area contributed by atoms with Gasteiger partial charge in [0.05, 0.1) is 13.7 Å². The molecule has 1 aromatic heterocycles. The molecule has 0 saturated carbocycles. The first-order valence-electron chi connectivity index (χ1n) is 9.34. The first-order valence-corrected chi connectivity index (χ1v) is 10.1. The fourth-order valence-corrected chi connectivity index (χ4v) is 4.01. The molecule has 4 aromatic rings. The van der Waals surface area contributed by atoms with Gasteiger partial charge in [0.2, 0.25) is 0 Å². The van der Waals surface area contributed by atoms with E-state index in [1.54, 1.807) is 18.2 Å². The van der Waals surface area contributed by atoms with Crippen LogP contribution in [0.3, 0.4) is 0 Å². The molecule has 4 rings (SSSR count). The van der Waals surface area contributed by atoms with Crippen LogP contribution < -0.4 is 11.3 Å². The van der Waals surface area contributed by atoms with Crippen LogP contribution in [0.4, 0.5) is 5.69 Å². The van der Waals surface area contributed by atoms with E-state index in [0.29, 0.717) is 22.0 Å². The van der Waals surface area contributed by atoms with Gasteiger partial charge in [-0.05, 0) is 46.8 Å². The van der Waals surface area contributed by atoms with Gasteiger partial charge in [-0.3, -0.25) is 9.36 Å². The van der Waals surface area contributed by atoms with Gasteiger partial charge in [0.25, 0.3) is 5.56 Å². The number of rotatable bonds is 4. The number of esters is 1. The molecule has 0 fully saturated rings. The number of benzene rings is 3.